The minimum Gasteiger partial charge on any atom is -0.480 e. The molecule has 0 aliphatic heterocycles. The van der Waals surface area contributed by atoms with Crippen LogP contribution < -0.4 is 5.32 Å². The first-order chi connectivity index (χ1) is 14.6. The first-order valence-corrected chi connectivity index (χ1v) is 10.3. The molecular formula is C23H33NO7. The van der Waals surface area contributed by atoms with E-state index < -0.39 is 29.7 Å². The second-order valence-corrected chi connectivity index (χ2v) is 7.86. The van der Waals surface area contributed by atoms with E-state index in [1.807, 2.05) is 30.3 Å². The highest BCUT2D eigenvalue weighted by Gasteiger charge is 2.24. The lowest BCUT2D eigenvalue weighted by molar-refractivity contribution is -0.140. The molecule has 1 aromatic rings. The second-order valence-electron chi connectivity index (χ2n) is 7.86. The van der Waals surface area contributed by atoms with Crippen LogP contribution >= 0.6 is 0 Å². The molecular weight excluding hydrogens is 402 g/mol. The average molecular weight is 436 g/mol. The smallest absolute Gasteiger partial charge is 0.408 e. The number of carbonyl (C=O) groups excluding carboxylic acids is 2. The number of esters is 1. The van der Waals surface area contributed by atoms with Gasteiger partial charge in [-0.25, -0.2) is 14.4 Å². The van der Waals surface area contributed by atoms with Crippen LogP contribution in [0.4, 0.5) is 4.79 Å². The maximum absolute atomic E-state index is 12.2. The molecule has 0 aliphatic carbocycles. The van der Waals surface area contributed by atoms with Gasteiger partial charge in [0, 0.05) is 12.2 Å². The van der Waals surface area contributed by atoms with Crippen molar-refractivity contribution in [2.75, 3.05) is 13.2 Å². The summed E-state index contributed by atoms with van der Waals surface area (Å²) in [5.74, 6) is -1.73. The Morgan fingerprint density at radius 2 is 1.84 bits per heavy atom. The van der Waals surface area contributed by atoms with Gasteiger partial charge in [-0.05, 0) is 52.5 Å². The van der Waals surface area contributed by atoms with Gasteiger partial charge in [0.2, 0.25) is 0 Å². The largest absolute Gasteiger partial charge is 0.480 e. The maximum atomic E-state index is 12.2. The number of amides is 1. The van der Waals surface area contributed by atoms with E-state index in [4.69, 9.17) is 14.2 Å². The van der Waals surface area contributed by atoms with Crippen LogP contribution in [0.2, 0.25) is 0 Å². The molecule has 31 heavy (non-hydrogen) atoms. The average Bonchev–Trinajstić information content (AvgIpc) is 2.68. The Balaban J connectivity index is 2.64. The van der Waals surface area contributed by atoms with Gasteiger partial charge in [-0.3, -0.25) is 0 Å². The maximum Gasteiger partial charge on any atom is 0.408 e. The third-order valence-corrected chi connectivity index (χ3v) is 3.97. The van der Waals surface area contributed by atoms with Crippen LogP contribution in [0.3, 0.4) is 0 Å². The van der Waals surface area contributed by atoms with Gasteiger partial charge in [0.05, 0.1) is 13.2 Å². The molecule has 0 spiro atoms. The molecule has 0 saturated carbocycles. The fraction of sp³-hybridized carbons (Fsp3) is 0.522. The lowest BCUT2D eigenvalue weighted by atomic mass is 10.1. The number of ether oxygens (including phenoxy) is 3. The number of aliphatic carboxylic acids is 1. The number of carbonyl (C=O) groups is 3. The predicted octanol–water partition coefficient (Wildman–Crippen LogP) is 3.84. The van der Waals surface area contributed by atoms with Gasteiger partial charge >= 0.3 is 18.0 Å². The van der Waals surface area contributed by atoms with Crippen molar-refractivity contribution in [3.8, 4) is 0 Å². The van der Waals surface area contributed by atoms with E-state index in [1.165, 1.54) is 6.08 Å². The first kappa shape index (κ1) is 26.2. The van der Waals surface area contributed by atoms with Crippen molar-refractivity contribution in [3.05, 3.63) is 47.5 Å². The number of carboxylic acids is 1. The molecule has 0 saturated heterocycles. The molecule has 0 heterocycles. The zero-order chi connectivity index (χ0) is 23.3. The Morgan fingerprint density at radius 1 is 1.16 bits per heavy atom. The normalized spacial score (nSPS) is 12.7. The molecule has 8 nitrogen and oxygen atoms in total. The second kappa shape index (κ2) is 13.4. The number of nitrogens with one attached hydrogen (secondary N) is 1. The molecule has 1 amide bonds. The standard InChI is InChI=1S/C23H33NO7/c1-5-30-21(27)18(12-9-15-29-16-17-10-7-6-8-11-17)13-14-19(20(25)26)24-22(28)31-23(2,3)4/h6-8,10-11,13,19H,5,9,12,14-16H2,1-4H3,(H,24,28)(H,25,26)/t19-/m0/s1. The number of hydrogen-bond acceptors (Lipinski definition) is 6. The van der Waals surface area contributed by atoms with Gasteiger partial charge in [0.1, 0.15) is 11.6 Å². The van der Waals surface area contributed by atoms with E-state index in [9.17, 15) is 19.5 Å². The summed E-state index contributed by atoms with van der Waals surface area (Å²) >= 11 is 0. The summed E-state index contributed by atoms with van der Waals surface area (Å²) in [5, 5.41) is 11.7. The fourth-order valence-electron chi connectivity index (χ4n) is 2.57. The van der Waals surface area contributed by atoms with E-state index in [0.29, 0.717) is 31.6 Å². The van der Waals surface area contributed by atoms with Crippen molar-refractivity contribution in [2.24, 2.45) is 0 Å². The van der Waals surface area contributed by atoms with Crippen molar-refractivity contribution in [1.29, 1.82) is 0 Å². The monoisotopic (exact) mass is 435 g/mol. The molecule has 172 valence electrons. The van der Waals surface area contributed by atoms with E-state index in [2.05, 4.69) is 5.32 Å². The lowest BCUT2D eigenvalue weighted by Gasteiger charge is -2.21. The van der Waals surface area contributed by atoms with Gasteiger partial charge in [-0.1, -0.05) is 36.4 Å². The Hall–Kier alpha value is -2.87. The molecule has 2 N–H and O–H groups in total. The van der Waals surface area contributed by atoms with Crippen LogP contribution in [-0.4, -0.2) is 48.0 Å². The quantitative estimate of drug-likeness (QED) is 0.291. The highest BCUT2D eigenvalue weighted by Crippen LogP contribution is 2.13. The third kappa shape index (κ3) is 11.8. The number of carboxylic acid groups (broad SMARTS) is 1. The van der Waals surface area contributed by atoms with E-state index in [0.717, 1.165) is 5.56 Å². The van der Waals surface area contributed by atoms with Crippen molar-refractivity contribution < 1.29 is 33.7 Å². The van der Waals surface area contributed by atoms with Gasteiger partial charge in [0.15, 0.2) is 0 Å². The molecule has 0 fully saturated rings. The third-order valence-electron chi connectivity index (χ3n) is 3.97. The van der Waals surface area contributed by atoms with Crippen molar-refractivity contribution in [1.82, 2.24) is 5.32 Å². The Kier molecular flexibility index (Phi) is 11.3. The molecule has 0 unspecified atom stereocenters. The van der Waals surface area contributed by atoms with E-state index in [-0.39, 0.29) is 13.0 Å². The Morgan fingerprint density at radius 3 is 2.42 bits per heavy atom. The predicted molar refractivity (Wildman–Crippen MR) is 115 cm³/mol. The van der Waals surface area contributed by atoms with Crippen molar-refractivity contribution in [3.63, 3.8) is 0 Å². The minimum absolute atomic E-state index is 0.0758. The van der Waals surface area contributed by atoms with Gasteiger partial charge < -0.3 is 24.6 Å². The van der Waals surface area contributed by atoms with Crippen LogP contribution in [0, 0.1) is 0 Å². The van der Waals surface area contributed by atoms with Crippen molar-refractivity contribution in [2.45, 2.75) is 65.2 Å². The van der Waals surface area contributed by atoms with Crippen LogP contribution in [0.15, 0.2) is 42.0 Å². The molecule has 0 aromatic heterocycles. The number of alkyl carbamates (subject to hydrolysis) is 1. The molecule has 1 atom stereocenters. The summed E-state index contributed by atoms with van der Waals surface area (Å²) in [6.07, 6.45) is 1.51. The molecule has 0 aliphatic rings. The molecule has 1 rings (SSSR count). The summed E-state index contributed by atoms with van der Waals surface area (Å²) in [6.45, 7) is 7.86. The Bertz CT molecular complexity index is 738. The van der Waals surface area contributed by atoms with Crippen LogP contribution in [0.25, 0.3) is 0 Å². The van der Waals surface area contributed by atoms with Crippen LogP contribution in [0.5, 0.6) is 0 Å². The van der Waals surface area contributed by atoms with Gasteiger partial charge in [-0.15, -0.1) is 0 Å². The summed E-state index contributed by atoms with van der Waals surface area (Å²) in [5.41, 5.74) is 0.655. The first-order valence-electron chi connectivity index (χ1n) is 10.3. The van der Waals surface area contributed by atoms with E-state index >= 15 is 0 Å². The van der Waals surface area contributed by atoms with Gasteiger partial charge in [-0.2, -0.15) is 0 Å². The summed E-state index contributed by atoms with van der Waals surface area (Å²) < 4.78 is 15.8. The van der Waals surface area contributed by atoms with Crippen LogP contribution in [0.1, 0.15) is 52.5 Å². The SMILES string of the molecule is CCOC(=O)C(=CC[C@H](NC(=O)OC(C)(C)C)C(=O)O)CCCOCc1ccccc1. The molecule has 0 radical (unpaired) electrons. The minimum atomic E-state index is -1.23. The number of hydrogen-bond donors (Lipinski definition) is 2. The lowest BCUT2D eigenvalue weighted by Crippen LogP contribution is -2.43. The summed E-state index contributed by atoms with van der Waals surface area (Å²) in [7, 11) is 0. The highest BCUT2D eigenvalue weighted by atomic mass is 16.6. The highest BCUT2D eigenvalue weighted by molar-refractivity contribution is 5.88. The molecule has 8 heteroatoms. The summed E-state index contributed by atoms with van der Waals surface area (Å²) in [6, 6.07) is 8.51. The van der Waals surface area contributed by atoms with Crippen molar-refractivity contribution >= 4 is 18.0 Å². The zero-order valence-electron chi connectivity index (χ0n) is 18.7. The Labute approximate surface area is 183 Å². The topological polar surface area (TPSA) is 111 Å². The summed E-state index contributed by atoms with van der Waals surface area (Å²) in [4.78, 5) is 35.6. The van der Waals surface area contributed by atoms with Gasteiger partial charge in [0.25, 0.3) is 0 Å². The number of rotatable bonds is 12. The van der Waals surface area contributed by atoms with E-state index in [1.54, 1.807) is 27.7 Å². The molecule has 1 aromatic carbocycles. The molecule has 0 bridgehead atoms. The zero-order valence-corrected chi connectivity index (χ0v) is 18.7. The fourth-order valence-corrected chi connectivity index (χ4v) is 2.57. The number of benzene rings is 1. The van der Waals surface area contributed by atoms with Crippen LogP contribution in [-0.2, 0) is 30.4 Å².